The second-order valence-corrected chi connectivity index (χ2v) is 8.18. The Bertz CT molecular complexity index is 946. The predicted molar refractivity (Wildman–Crippen MR) is 134 cm³/mol. The van der Waals surface area contributed by atoms with Gasteiger partial charge in [-0.15, -0.1) is 12.4 Å². The number of carbonyl (C=O) groups excluding carboxylic acids is 1. The van der Waals surface area contributed by atoms with Crippen LogP contribution >= 0.6 is 12.4 Å². The van der Waals surface area contributed by atoms with Gasteiger partial charge in [-0.25, -0.2) is 0 Å². The van der Waals surface area contributed by atoms with Crippen LogP contribution in [0.3, 0.4) is 0 Å². The molecule has 1 aromatic carbocycles. The normalized spacial score (nSPS) is 11.1. The van der Waals surface area contributed by atoms with Gasteiger partial charge in [0.1, 0.15) is 0 Å². The fraction of sp³-hybridized carbons (Fsp3) is 0.444. The maximum Gasteiger partial charge on any atom is 0.210 e. The van der Waals surface area contributed by atoms with Gasteiger partial charge in [0, 0.05) is 17.3 Å². The zero-order chi connectivity index (χ0) is 21.3. The van der Waals surface area contributed by atoms with Gasteiger partial charge in [-0.05, 0) is 81.1 Å². The number of ketones is 1. The Balaban J connectivity index is 0.00000341. The molecular formula is C27H37ClN2O. The average molecular weight is 441 g/mol. The van der Waals surface area contributed by atoms with Crippen molar-refractivity contribution in [1.82, 2.24) is 9.30 Å². The zero-order valence-electron chi connectivity index (χ0n) is 19.3. The molecule has 4 heteroatoms. The summed E-state index contributed by atoms with van der Waals surface area (Å²) in [5.74, 6) is 0.124. The number of pyridine rings is 1. The molecule has 0 amide bonds. The van der Waals surface area contributed by atoms with Gasteiger partial charge in [-0.3, -0.25) is 4.79 Å². The lowest BCUT2D eigenvalue weighted by atomic mass is 10.00. The lowest BCUT2D eigenvalue weighted by Gasteiger charge is -2.19. The van der Waals surface area contributed by atoms with Crippen LogP contribution in [0.15, 0.2) is 54.7 Å². The van der Waals surface area contributed by atoms with E-state index in [-0.39, 0.29) is 18.2 Å². The van der Waals surface area contributed by atoms with Gasteiger partial charge >= 0.3 is 0 Å². The molecule has 3 rings (SSSR count). The Labute approximate surface area is 193 Å². The highest BCUT2D eigenvalue weighted by molar-refractivity contribution is 6.09. The second-order valence-electron chi connectivity index (χ2n) is 8.18. The summed E-state index contributed by atoms with van der Waals surface area (Å²) in [5, 5.41) is 0. The molecule has 2 heterocycles. The van der Waals surface area contributed by atoms with Crippen LogP contribution in [0.25, 0.3) is 5.52 Å². The third kappa shape index (κ3) is 6.44. The van der Waals surface area contributed by atoms with E-state index in [1.54, 1.807) is 0 Å². The average Bonchev–Trinajstić information content (AvgIpc) is 3.15. The highest BCUT2D eigenvalue weighted by atomic mass is 35.5. The minimum atomic E-state index is 0. The largest absolute Gasteiger partial charge is 0.313 e. The Morgan fingerprint density at radius 3 is 2.35 bits per heavy atom. The Morgan fingerprint density at radius 1 is 0.903 bits per heavy atom. The van der Waals surface area contributed by atoms with Crippen LogP contribution in [0.5, 0.6) is 0 Å². The summed E-state index contributed by atoms with van der Waals surface area (Å²) in [5.41, 5.74) is 5.17. The summed E-state index contributed by atoms with van der Waals surface area (Å²) < 4.78 is 2.05. The van der Waals surface area contributed by atoms with Crippen molar-refractivity contribution in [2.45, 2.75) is 59.3 Å². The molecule has 31 heavy (non-hydrogen) atoms. The van der Waals surface area contributed by atoms with Gasteiger partial charge in [-0.1, -0.05) is 57.5 Å². The van der Waals surface area contributed by atoms with Crippen LogP contribution in [0.1, 0.15) is 73.6 Å². The molecular weight excluding hydrogens is 404 g/mol. The summed E-state index contributed by atoms with van der Waals surface area (Å²) >= 11 is 0. The predicted octanol–water partition coefficient (Wildman–Crippen LogP) is 6.60. The van der Waals surface area contributed by atoms with E-state index in [4.69, 9.17) is 0 Å². The molecule has 0 bridgehead atoms. The SMILES string of the molecule is CCCCc1cc2ccccn2c1C(=O)c1ccc(CCCN(CC)CCC)cc1.Cl. The van der Waals surface area contributed by atoms with Gasteiger partial charge in [0.15, 0.2) is 0 Å². The molecule has 0 N–H and O–H groups in total. The molecule has 0 aliphatic heterocycles. The minimum Gasteiger partial charge on any atom is -0.313 e. The topological polar surface area (TPSA) is 24.7 Å². The first-order chi connectivity index (χ1) is 14.7. The number of nitrogens with zero attached hydrogens (tertiary/aromatic N) is 2. The summed E-state index contributed by atoms with van der Waals surface area (Å²) in [6, 6.07) is 16.5. The van der Waals surface area contributed by atoms with Crippen molar-refractivity contribution in [2.24, 2.45) is 0 Å². The standard InChI is InChI=1S/C27H36N2O.ClH/c1-4-7-12-24-21-25-13-8-9-20-29(25)26(24)27(30)23-16-14-22(15-17-23)11-10-19-28(6-3)18-5-2;/h8-9,13-17,20-21H,4-7,10-12,18-19H2,1-3H3;1H. The number of rotatable bonds is 12. The van der Waals surface area contributed by atoms with Gasteiger partial charge in [0.25, 0.3) is 0 Å². The molecule has 2 aromatic heterocycles. The van der Waals surface area contributed by atoms with Crippen molar-refractivity contribution in [3.63, 3.8) is 0 Å². The fourth-order valence-corrected chi connectivity index (χ4v) is 4.20. The summed E-state index contributed by atoms with van der Waals surface area (Å²) in [6.07, 6.45) is 8.60. The highest BCUT2D eigenvalue weighted by Gasteiger charge is 2.18. The molecule has 0 saturated carbocycles. The van der Waals surface area contributed by atoms with Crippen molar-refractivity contribution in [3.05, 3.63) is 77.1 Å². The third-order valence-corrected chi connectivity index (χ3v) is 5.92. The van der Waals surface area contributed by atoms with E-state index in [0.29, 0.717) is 0 Å². The van der Waals surface area contributed by atoms with Crippen LogP contribution in [0.2, 0.25) is 0 Å². The summed E-state index contributed by atoms with van der Waals surface area (Å²) in [6.45, 7) is 10.1. The molecule has 0 aliphatic rings. The monoisotopic (exact) mass is 440 g/mol. The second kappa shape index (κ2) is 12.7. The Morgan fingerprint density at radius 2 is 1.68 bits per heavy atom. The van der Waals surface area contributed by atoms with E-state index in [2.05, 4.69) is 49.9 Å². The molecule has 0 fully saturated rings. The number of aromatic nitrogens is 1. The molecule has 0 unspecified atom stereocenters. The van der Waals surface area contributed by atoms with Gasteiger partial charge in [-0.2, -0.15) is 0 Å². The van der Waals surface area contributed by atoms with Gasteiger partial charge in [0.2, 0.25) is 5.78 Å². The number of fused-ring (bicyclic) bond motifs is 1. The molecule has 0 radical (unpaired) electrons. The van der Waals surface area contributed by atoms with Crippen molar-refractivity contribution >= 4 is 23.7 Å². The lowest BCUT2D eigenvalue weighted by molar-refractivity contribution is 0.103. The first kappa shape index (κ1) is 25.2. The van der Waals surface area contributed by atoms with E-state index in [9.17, 15) is 4.79 Å². The van der Waals surface area contributed by atoms with Crippen molar-refractivity contribution in [2.75, 3.05) is 19.6 Å². The van der Waals surface area contributed by atoms with Crippen LogP contribution in [0.4, 0.5) is 0 Å². The van der Waals surface area contributed by atoms with Gasteiger partial charge < -0.3 is 9.30 Å². The third-order valence-electron chi connectivity index (χ3n) is 5.92. The van der Waals surface area contributed by atoms with Gasteiger partial charge in [0.05, 0.1) is 5.69 Å². The number of aryl methyl sites for hydroxylation is 2. The van der Waals surface area contributed by atoms with E-state index in [0.717, 1.165) is 67.5 Å². The Kier molecular flexibility index (Phi) is 10.3. The van der Waals surface area contributed by atoms with E-state index in [1.165, 1.54) is 18.5 Å². The highest BCUT2D eigenvalue weighted by Crippen LogP contribution is 2.22. The maximum atomic E-state index is 13.4. The molecule has 168 valence electrons. The van der Waals surface area contributed by atoms with E-state index < -0.39 is 0 Å². The number of hydrogen-bond donors (Lipinski definition) is 0. The lowest BCUT2D eigenvalue weighted by Crippen LogP contribution is -2.25. The Hall–Kier alpha value is -2.10. The molecule has 0 atom stereocenters. The first-order valence-electron chi connectivity index (χ1n) is 11.6. The van der Waals surface area contributed by atoms with Crippen molar-refractivity contribution in [3.8, 4) is 0 Å². The summed E-state index contributed by atoms with van der Waals surface area (Å²) in [4.78, 5) is 15.9. The number of unbranched alkanes of at least 4 members (excludes halogenated alkanes) is 1. The molecule has 0 saturated heterocycles. The summed E-state index contributed by atoms with van der Waals surface area (Å²) in [7, 11) is 0. The van der Waals surface area contributed by atoms with Crippen molar-refractivity contribution < 1.29 is 4.79 Å². The van der Waals surface area contributed by atoms with Crippen molar-refractivity contribution in [1.29, 1.82) is 0 Å². The fourth-order valence-electron chi connectivity index (χ4n) is 4.20. The van der Waals surface area contributed by atoms with Crippen LogP contribution in [-0.4, -0.2) is 34.7 Å². The van der Waals surface area contributed by atoms with Crippen LogP contribution < -0.4 is 0 Å². The molecule has 3 nitrogen and oxygen atoms in total. The smallest absolute Gasteiger partial charge is 0.210 e. The van der Waals surface area contributed by atoms with Crippen LogP contribution in [-0.2, 0) is 12.8 Å². The molecule has 0 spiro atoms. The number of halogens is 1. The number of carbonyl (C=O) groups is 1. The minimum absolute atomic E-state index is 0. The first-order valence-corrected chi connectivity index (χ1v) is 11.6. The quantitative estimate of drug-likeness (QED) is 0.296. The van der Waals surface area contributed by atoms with Crippen LogP contribution in [0, 0.1) is 0 Å². The van der Waals surface area contributed by atoms with E-state index in [1.807, 2.05) is 34.9 Å². The maximum absolute atomic E-state index is 13.4. The molecule has 3 aromatic rings. The zero-order valence-corrected chi connectivity index (χ0v) is 20.1. The van der Waals surface area contributed by atoms with E-state index >= 15 is 0 Å². The number of hydrogen-bond acceptors (Lipinski definition) is 2. The number of benzene rings is 1. The molecule has 0 aliphatic carbocycles.